The number of nitrogens with zero attached hydrogens (tertiary/aromatic N) is 5. The Labute approximate surface area is 151 Å². The van der Waals surface area contributed by atoms with Crippen molar-refractivity contribution in [2.75, 3.05) is 38.0 Å². The highest BCUT2D eigenvalue weighted by molar-refractivity contribution is 5.91. The molecule has 2 N–H and O–H groups in total. The molecule has 26 heavy (non-hydrogen) atoms. The lowest BCUT2D eigenvalue weighted by atomic mass is 10.1. The Morgan fingerprint density at radius 1 is 1.23 bits per heavy atom. The van der Waals surface area contributed by atoms with Gasteiger partial charge in [-0.15, -0.1) is 10.2 Å². The number of amides is 3. The maximum Gasteiger partial charge on any atom is 0.321 e. The molecule has 4 rings (SSSR count). The van der Waals surface area contributed by atoms with Gasteiger partial charge in [0.2, 0.25) is 5.91 Å². The van der Waals surface area contributed by atoms with Crippen molar-refractivity contribution in [1.29, 1.82) is 0 Å². The number of hydrogen-bond acceptors (Lipinski definition) is 5. The van der Waals surface area contributed by atoms with E-state index >= 15 is 0 Å². The van der Waals surface area contributed by atoms with Crippen molar-refractivity contribution in [1.82, 2.24) is 29.9 Å². The molecule has 9 nitrogen and oxygen atoms in total. The van der Waals surface area contributed by atoms with E-state index in [1.807, 2.05) is 35.9 Å². The SMILES string of the molecule is Cn1cnnc1-c1ccc(NC(=O)N2CCN3CCNC(=O)[C@@H]3C2)cc1. The molecule has 136 valence electrons. The van der Waals surface area contributed by atoms with E-state index in [2.05, 4.69) is 25.7 Å². The van der Waals surface area contributed by atoms with E-state index in [4.69, 9.17) is 0 Å². The third kappa shape index (κ3) is 3.13. The first kappa shape index (κ1) is 16.5. The summed E-state index contributed by atoms with van der Waals surface area (Å²) in [5.74, 6) is 0.768. The van der Waals surface area contributed by atoms with E-state index in [0.29, 0.717) is 25.3 Å². The number of carbonyl (C=O) groups is 2. The minimum absolute atomic E-state index is 0.00165. The summed E-state index contributed by atoms with van der Waals surface area (Å²) in [5, 5.41) is 13.7. The number of fused-ring (bicyclic) bond motifs is 1. The maximum absolute atomic E-state index is 12.6. The Balaban J connectivity index is 1.40. The molecule has 0 unspecified atom stereocenters. The zero-order valence-electron chi connectivity index (χ0n) is 14.6. The maximum atomic E-state index is 12.6. The number of urea groups is 1. The summed E-state index contributed by atoms with van der Waals surface area (Å²) in [6.45, 7) is 3.27. The number of rotatable bonds is 2. The zero-order chi connectivity index (χ0) is 18.1. The Hall–Kier alpha value is -2.94. The topological polar surface area (TPSA) is 95.4 Å². The molecule has 3 heterocycles. The van der Waals surface area contributed by atoms with E-state index in [1.165, 1.54) is 0 Å². The fourth-order valence-electron chi connectivity index (χ4n) is 3.41. The highest BCUT2D eigenvalue weighted by Gasteiger charge is 2.36. The molecular weight excluding hydrogens is 334 g/mol. The van der Waals surface area contributed by atoms with Gasteiger partial charge >= 0.3 is 6.03 Å². The van der Waals surface area contributed by atoms with Gasteiger partial charge in [0, 0.05) is 51.0 Å². The van der Waals surface area contributed by atoms with Crippen molar-refractivity contribution in [2.24, 2.45) is 7.05 Å². The molecule has 2 aromatic rings. The van der Waals surface area contributed by atoms with Gasteiger partial charge in [0.05, 0.1) is 0 Å². The summed E-state index contributed by atoms with van der Waals surface area (Å²) >= 11 is 0. The second-order valence-corrected chi connectivity index (χ2v) is 6.56. The number of aryl methyl sites for hydroxylation is 1. The first-order valence-corrected chi connectivity index (χ1v) is 8.64. The van der Waals surface area contributed by atoms with Crippen LogP contribution >= 0.6 is 0 Å². The normalized spacial score (nSPS) is 20.4. The zero-order valence-corrected chi connectivity index (χ0v) is 14.6. The van der Waals surface area contributed by atoms with Crippen LogP contribution in [0.5, 0.6) is 0 Å². The molecule has 0 radical (unpaired) electrons. The van der Waals surface area contributed by atoms with Crippen LogP contribution in [-0.2, 0) is 11.8 Å². The minimum atomic E-state index is -0.249. The molecule has 1 aromatic heterocycles. The number of hydrogen-bond donors (Lipinski definition) is 2. The highest BCUT2D eigenvalue weighted by Crippen LogP contribution is 2.19. The number of piperazine rings is 2. The van der Waals surface area contributed by atoms with Crippen LogP contribution in [0.4, 0.5) is 10.5 Å². The summed E-state index contributed by atoms with van der Waals surface area (Å²) in [7, 11) is 1.88. The predicted molar refractivity (Wildman–Crippen MR) is 95.4 cm³/mol. The number of carbonyl (C=O) groups excluding carboxylic acids is 2. The van der Waals surface area contributed by atoms with Crippen molar-refractivity contribution in [3.05, 3.63) is 30.6 Å². The van der Waals surface area contributed by atoms with Crippen molar-refractivity contribution < 1.29 is 9.59 Å². The molecular formula is C17H21N7O2. The molecule has 9 heteroatoms. The Kier molecular flexibility index (Phi) is 4.29. The molecule has 2 saturated heterocycles. The lowest BCUT2D eigenvalue weighted by molar-refractivity contribution is -0.131. The van der Waals surface area contributed by atoms with Gasteiger partial charge in [0.15, 0.2) is 5.82 Å². The van der Waals surface area contributed by atoms with Crippen LogP contribution in [0.2, 0.25) is 0 Å². The fourth-order valence-corrected chi connectivity index (χ4v) is 3.41. The monoisotopic (exact) mass is 355 g/mol. The second-order valence-electron chi connectivity index (χ2n) is 6.56. The van der Waals surface area contributed by atoms with E-state index in [-0.39, 0.29) is 18.0 Å². The Morgan fingerprint density at radius 3 is 2.77 bits per heavy atom. The van der Waals surface area contributed by atoms with Crippen molar-refractivity contribution in [2.45, 2.75) is 6.04 Å². The fraction of sp³-hybridized carbons (Fsp3) is 0.412. The predicted octanol–water partition coefficient (Wildman–Crippen LogP) is 0.130. The molecule has 0 saturated carbocycles. The quantitative estimate of drug-likeness (QED) is 0.798. The molecule has 3 amide bonds. The van der Waals surface area contributed by atoms with Crippen LogP contribution in [-0.4, -0.2) is 75.3 Å². The van der Waals surface area contributed by atoms with Gasteiger partial charge in [0.1, 0.15) is 12.4 Å². The number of nitrogens with one attached hydrogen (secondary N) is 2. The first-order valence-electron chi connectivity index (χ1n) is 8.64. The van der Waals surface area contributed by atoms with Crippen molar-refractivity contribution in [3.8, 4) is 11.4 Å². The van der Waals surface area contributed by atoms with Crippen LogP contribution in [0.3, 0.4) is 0 Å². The number of benzene rings is 1. The molecule has 1 aromatic carbocycles. The van der Waals surface area contributed by atoms with E-state index < -0.39 is 0 Å². The average Bonchev–Trinajstić information content (AvgIpc) is 3.08. The Morgan fingerprint density at radius 2 is 2.04 bits per heavy atom. The van der Waals surface area contributed by atoms with Gasteiger partial charge in [-0.1, -0.05) is 0 Å². The molecule has 1 atom stereocenters. The van der Waals surface area contributed by atoms with Gasteiger partial charge in [-0.2, -0.15) is 0 Å². The molecule has 0 bridgehead atoms. The summed E-state index contributed by atoms with van der Waals surface area (Å²) in [5.41, 5.74) is 1.63. The van der Waals surface area contributed by atoms with Crippen LogP contribution < -0.4 is 10.6 Å². The first-order chi connectivity index (χ1) is 12.6. The van der Waals surface area contributed by atoms with Crippen LogP contribution in [0.25, 0.3) is 11.4 Å². The molecule has 2 aliphatic heterocycles. The third-order valence-electron chi connectivity index (χ3n) is 4.89. The summed E-state index contributed by atoms with van der Waals surface area (Å²) in [6.07, 6.45) is 1.64. The number of anilines is 1. The van der Waals surface area contributed by atoms with Gasteiger partial charge in [0.25, 0.3) is 0 Å². The second kappa shape index (κ2) is 6.75. The lowest BCUT2D eigenvalue weighted by Gasteiger charge is -2.42. The molecule has 2 aliphatic rings. The van der Waals surface area contributed by atoms with Crippen LogP contribution in [0, 0.1) is 0 Å². The van der Waals surface area contributed by atoms with E-state index in [9.17, 15) is 9.59 Å². The van der Waals surface area contributed by atoms with Crippen LogP contribution in [0.1, 0.15) is 0 Å². The standard InChI is InChI=1S/C17H21N7O2/c1-22-11-19-21-15(22)12-2-4-13(5-3-12)20-17(26)24-9-8-23-7-6-18-16(25)14(23)10-24/h2-5,11,14H,6-10H2,1H3,(H,18,25)(H,20,26)/t14-/m0/s1. The van der Waals surface area contributed by atoms with E-state index in [1.54, 1.807) is 11.2 Å². The third-order valence-corrected chi connectivity index (χ3v) is 4.89. The summed E-state index contributed by atoms with van der Waals surface area (Å²) in [6, 6.07) is 7.03. The highest BCUT2D eigenvalue weighted by atomic mass is 16.2. The smallest absolute Gasteiger partial charge is 0.321 e. The number of aromatic nitrogens is 3. The minimum Gasteiger partial charge on any atom is -0.353 e. The molecule has 0 aliphatic carbocycles. The average molecular weight is 355 g/mol. The lowest BCUT2D eigenvalue weighted by Crippen LogP contribution is -2.64. The van der Waals surface area contributed by atoms with Crippen molar-refractivity contribution >= 4 is 17.6 Å². The van der Waals surface area contributed by atoms with Crippen molar-refractivity contribution in [3.63, 3.8) is 0 Å². The molecule has 2 fully saturated rings. The summed E-state index contributed by atoms with van der Waals surface area (Å²) in [4.78, 5) is 28.4. The Bertz CT molecular complexity index is 817. The largest absolute Gasteiger partial charge is 0.353 e. The van der Waals surface area contributed by atoms with Gasteiger partial charge < -0.3 is 20.1 Å². The molecule has 0 spiro atoms. The van der Waals surface area contributed by atoms with Gasteiger partial charge in [-0.25, -0.2) is 4.79 Å². The van der Waals surface area contributed by atoms with E-state index in [0.717, 1.165) is 24.5 Å². The van der Waals surface area contributed by atoms with Gasteiger partial charge in [-0.05, 0) is 24.3 Å². The van der Waals surface area contributed by atoms with Gasteiger partial charge in [-0.3, -0.25) is 9.69 Å². The summed E-state index contributed by atoms with van der Waals surface area (Å²) < 4.78 is 1.84. The van der Waals surface area contributed by atoms with Crippen LogP contribution in [0.15, 0.2) is 30.6 Å².